The molecule has 0 bridgehead atoms. The molecule has 0 radical (unpaired) electrons. The minimum absolute atomic E-state index is 0.0678. The third kappa shape index (κ3) is 3.30. The number of hydrogen-bond acceptors (Lipinski definition) is 4. The molecule has 1 aliphatic rings. The van der Waals surface area contributed by atoms with Gasteiger partial charge in [-0.1, -0.05) is 36.4 Å². The van der Waals surface area contributed by atoms with Crippen molar-refractivity contribution in [3.05, 3.63) is 84.5 Å². The van der Waals surface area contributed by atoms with Gasteiger partial charge in [-0.05, 0) is 60.4 Å². The third-order valence-electron chi connectivity index (χ3n) is 5.42. The molecule has 1 aromatic heterocycles. The summed E-state index contributed by atoms with van der Waals surface area (Å²) in [5.41, 5.74) is 3.41. The van der Waals surface area contributed by atoms with Crippen LogP contribution in [-0.4, -0.2) is 24.3 Å². The first-order chi connectivity index (χ1) is 14.5. The van der Waals surface area contributed by atoms with Gasteiger partial charge in [0.1, 0.15) is 17.4 Å². The second-order valence-corrected chi connectivity index (χ2v) is 9.22. The summed E-state index contributed by atoms with van der Waals surface area (Å²) in [5.74, 6) is -0.0847. The zero-order chi connectivity index (χ0) is 20.7. The highest BCUT2D eigenvalue weighted by molar-refractivity contribution is 7.89. The van der Waals surface area contributed by atoms with Crippen molar-refractivity contribution in [1.82, 2.24) is 9.29 Å². The predicted octanol–water partition coefficient (Wildman–Crippen LogP) is 5.16. The van der Waals surface area contributed by atoms with Gasteiger partial charge in [-0.15, -0.1) is 0 Å². The standard InChI is InChI=1S/C23H19FN2O3S/c24-18-9-11-19(12-10-18)30(27,28)26-14-4-7-21(26)23-25-20-15-17(8-13-22(20)29-23)16-5-2-1-3-6-16/h1-3,5-6,8-13,15,21H,4,7,14H2. The number of nitrogens with zero attached hydrogens (tertiary/aromatic N) is 2. The maximum absolute atomic E-state index is 13.2. The Morgan fingerprint density at radius 1 is 0.967 bits per heavy atom. The van der Waals surface area contributed by atoms with Crippen molar-refractivity contribution in [2.75, 3.05) is 6.54 Å². The molecule has 30 heavy (non-hydrogen) atoms. The van der Waals surface area contributed by atoms with E-state index in [-0.39, 0.29) is 4.90 Å². The summed E-state index contributed by atoms with van der Waals surface area (Å²) in [6.07, 6.45) is 1.33. The zero-order valence-corrected chi connectivity index (χ0v) is 16.8. The van der Waals surface area contributed by atoms with Crippen LogP contribution in [-0.2, 0) is 10.0 Å². The molecule has 2 heterocycles. The molecule has 1 saturated heterocycles. The Bertz CT molecular complexity index is 1300. The Balaban J connectivity index is 1.50. The molecular weight excluding hydrogens is 403 g/mol. The third-order valence-corrected chi connectivity index (χ3v) is 7.34. The van der Waals surface area contributed by atoms with Crippen LogP contribution in [0.2, 0.25) is 0 Å². The second kappa shape index (κ2) is 7.34. The first kappa shape index (κ1) is 19.0. The van der Waals surface area contributed by atoms with Gasteiger partial charge in [-0.3, -0.25) is 0 Å². The second-order valence-electron chi connectivity index (χ2n) is 7.33. The summed E-state index contributed by atoms with van der Waals surface area (Å²) in [6, 6.07) is 20.2. The van der Waals surface area contributed by atoms with Crippen LogP contribution < -0.4 is 0 Å². The van der Waals surface area contributed by atoms with E-state index in [1.165, 1.54) is 16.4 Å². The van der Waals surface area contributed by atoms with E-state index in [2.05, 4.69) is 4.98 Å². The molecule has 7 heteroatoms. The van der Waals surface area contributed by atoms with Gasteiger partial charge in [-0.2, -0.15) is 4.31 Å². The molecule has 1 atom stereocenters. The lowest BCUT2D eigenvalue weighted by Crippen LogP contribution is -2.30. The fraction of sp³-hybridized carbons (Fsp3) is 0.174. The minimum atomic E-state index is -3.77. The highest BCUT2D eigenvalue weighted by Gasteiger charge is 2.39. The normalized spacial score (nSPS) is 17.6. The molecule has 5 nitrogen and oxygen atoms in total. The van der Waals surface area contributed by atoms with Gasteiger partial charge in [0.15, 0.2) is 5.58 Å². The lowest BCUT2D eigenvalue weighted by atomic mass is 10.1. The Labute approximate surface area is 173 Å². The maximum Gasteiger partial charge on any atom is 0.243 e. The molecule has 0 aliphatic carbocycles. The van der Waals surface area contributed by atoms with E-state index >= 15 is 0 Å². The van der Waals surface area contributed by atoms with Crippen molar-refractivity contribution < 1.29 is 17.2 Å². The van der Waals surface area contributed by atoms with Crippen molar-refractivity contribution in [1.29, 1.82) is 0 Å². The van der Waals surface area contributed by atoms with E-state index in [0.717, 1.165) is 23.3 Å². The number of aromatic nitrogens is 1. The molecule has 152 valence electrons. The smallest absolute Gasteiger partial charge is 0.243 e. The first-order valence-electron chi connectivity index (χ1n) is 9.76. The summed E-state index contributed by atoms with van der Waals surface area (Å²) in [7, 11) is -3.77. The Hall–Kier alpha value is -3.03. The predicted molar refractivity (Wildman–Crippen MR) is 112 cm³/mol. The number of sulfonamides is 1. The van der Waals surface area contributed by atoms with Crippen molar-refractivity contribution in [2.45, 2.75) is 23.8 Å². The minimum Gasteiger partial charge on any atom is -0.439 e. The molecule has 4 aromatic rings. The van der Waals surface area contributed by atoms with Crippen LogP contribution >= 0.6 is 0 Å². The molecule has 5 rings (SSSR count). The number of oxazole rings is 1. The summed E-state index contributed by atoms with van der Waals surface area (Å²) in [4.78, 5) is 4.69. The average Bonchev–Trinajstić information content (AvgIpc) is 3.41. The summed E-state index contributed by atoms with van der Waals surface area (Å²) >= 11 is 0. The van der Waals surface area contributed by atoms with Crippen LogP contribution in [0.1, 0.15) is 24.8 Å². The summed E-state index contributed by atoms with van der Waals surface area (Å²) in [5, 5.41) is 0. The van der Waals surface area contributed by atoms with Gasteiger partial charge in [0, 0.05) is 6.54 Å². The van der Waals surface area contributed by atoms with Gasteiger partial charge >= 0.3 is 0 Å². The van der Waals surface area contributed by atoms with Crippen LogP contribution in [0.4, 0.5) is 4.39 Å². The van der Waals surface area contributed by atoms with Crippen molar-refractivity contribution in [3.8, 4) is 11.1 Å². The van der Waals surface area contributed by atoms with Crippen molar-refractivity contribution >= 4 is 21.1 Å². The quantitative estimate of drug-likeness (QED) is 0.456. The van der Waals surface area contributed by atoms with Crippen LogP contribution in [0.15, 0.2) is 82.1 Å². The van der Waals surface area contributed by atoms with Crippen molar-refractivity contribution in [3.63, 3.8) is 0 Å². The average molecular weight is 422 g/mol. The zero-order valence-electron chi connectivity index (χ0n) is 16.0. The largest absolute Gasteiger partial charge is 0.439 e. The maximum atomic E-state index is 13.2. The Morgan fingerprint density at radius 3 is 2.50 bits per heavy atom. The molecule has 0 N–H and O–H groups in total. The SMILES string of the molecule is O=S(=O)(c1ccc(F)cc1)N1CCCC1c1nc2cc(-c3ccccc3)ccc2o1. The molecule has 1 aliphatic heterocycles. The molecular formula is C23H19FN2O3S. The lowest BCUT2D eigenvalue weighted by Gasteiger charge is -2.21. The number of rotatable bonds is 4. The van der Waals surface area contributed by atoms with E-state index in [0.29, 0.717) is 36.4 Å². The van der Waals surface area contributed by atoms with E-state index in [1.54, 1.807) is 0 Å². The lowest BCUT2D eigenvalue weighted by molar-refractivity contribution is 0.337. The molecule has 3 aromatic carbocycles. The fourth-order valence-electron chi connectivity index (χ4n) is 3.91. The Morgan fingerprint density at radius 2 is 1.73 bits per heavy atom. The van der Waals surface area contributed by atoms with Gasteiger partial charge in [0.25, 0.3) is 0 Å². The van der Waals surface area contributed by atoms with E-state index in [9.17, 15) is 12.8 Å². The Kier molecular flexibility index (Phi) is 4.64. The van der Waals surface area contributed by atoms with Gasteiger partial charge in [0.2, 0.25) is 15.9 Å². The number of fused-ring (bicyclic) bond motifs is 1. The molecule has 0 saturated carbocycles. The summed E-state index contributed by atoms with van der Waals surface area (Å²) in [6.45, 7) is 0.373. The topological polar surface area (TPSA) is 63.4 Å². The number of halogens is 1. The molecule has 0 spiro atoms. The van der Waals surface area contributed by atoms with Crippen LogP contribution in [0.5, 0.6) is 0 Å². The van der Waals surface area contributed by atoms with Gasteiger partial charge < -0.3 is 4.42 Å². The fourth-order valence-corrected chi connectivity index (χ4v) is 5.57. The van der Waals surface area contributed by atoms with E-state index < -0.39 is 21.9 Å². The molecule has 1 unspecified atom stereocenters. The van der Waals surface area contributed by atoms with Crippen LogP contribution in [0.25, 0.3) is 22.2 Å². The van der Waals surface area contributed by atoms with Crippen LogP contribution in [0.3, 0.4) is 0 Å². The van der Waals surface area contributed by atoms with Gasteiger partial charge in [-0.25, -0.2) is 17.8 Å². The van der Waals surface area contributed by atoms with Crippen molar-refractivity contribution in [2.24, 2.45) is 0 Å². The highest BCUT2D eigenvalue weighted by atomic mass is 32.2. The highest BCUT2D eigenvalue weighted by Crippen LogP contribution is 2.37. The number of benzene rings is 3. The van der Waals surface area contributed by atoms with Gasteiger partial charge in [0.05, 0.1) is 4.90 Å². The van der Waals surface area contributed by atoms with E-state index in [4.69, 9.17) is 4.42 Å². The first-order valence-corrected chi connectivity index (χ1v) is 11.2. The number of hydrogen-bond donors (Lipinski definition) is 0. The van der Waals surface area contributed by atoms with Crippen LogP contribution in [0, 0.1) is 5.82 Å². The monoisotopic (exact) mass is 422 g/mol. The molecule has 1 fully saturated rings. The molecule has 0 amide bonds. The summed E-state index contributed by atoms with van der Waals surface area (Å²) < 4.78 is 46.8. The van der Waals surface area contributed by atoms with E-state index in [1.807, 2.05) is 48.5 Å².